The van der Waals surface area contributed by atoms with E-state index in [1.807, 2.05) is 13.8 Å². The summed E-state index contributed by atoms with van der Waals surface area (Å²) < 4.78 is 11.9. The van der Waals surface area contributed by atoms with E-state index >= 15 is 0 Å². The molecule has 0 fully saturated rings. The summed E-state index contributed by atoms with van der Waals surface area (Å²) in [5.74, 6) is 0.787. The zero-order chi connectivity index (χ0) is 21.8. The summed E-state index contributed by atoms with van der Waals surface area (Å²) in [4.78, 5) is 39.8. The van der Waals surface area contributed by atoms with Crippen molar-refractivity contribution in [2.75, 3.05) is 32.6 Å². The van der Waals surface area contributed by atoms with Gasteiger partial charge in [-0.2, -0.15) is 14.3 Å². The van der Waals surface area contributed by atoms with Gasteiger partial charge in [-0.3, -0.25) is 4.79 Å². The summed E-state index contributed by atoms with van der Waals surface area (Å²) in [5, 5.41) is 4.07. The number of carbonyl (C=O) groups is 3. The molecule has 0 radical (unpaired) electrons. The number of rotatable bonds is 8. The lowest BCUT2D eigenvalue weighted by molar-refractivity contribution is -0.425. The lowest BCUT2D eigenvalue weighted by atomic mass is 10.1. The Morgan fingerprint density at radius 1 is 1.27 bits per heavy atom. The van der Waals surface area contributed by atoms with Crippen molar-refractivity contribution in [1.29, 1.82) is 0 Å². The van der Waals surface area contributed by atoms with Crippen LogP contribution in [0.25, 0.3) is 0 Å². The molecule has 9 heteroatoms. The smallest absolute Gasteiger partial charge is 0.497 e. The first kappa shape index (κ1) is 21.9. The highest BCUT2D eigenvalue weighted by molar-refractivity contribution is 8.04. The number of carbonyl (C=O) groups excluding carboxylic acids is 3. The molecule has 3 rings (SSSR count). The van der Waals surface area contributed by atoms with Crippen molar-refractivity contribution in [1.82, 2.24) is 4.90 Å². The van der Waals surface area contributed by atoms with Gasteiger partial charge in [0.1, 0.15) is 17.2 Å². The number of ether oxygens (including phenoxy) is 2. The van der Waals surface area contributed by atoms with Crippen molar-refractivity contribution in [2.45, 2.75) is 25.5 Å². The van der Waals surface area contributed by atoms with Crippen LogP contribution in [0.15, 0.2) is 29.7 Å². The van der Waals surface area contributed by atoms with E-state index in [-0.39, 0.29) is 18.4 Å². The van der Waals surface area contributed by atoms with E-state index in [2.05, 4.69) is 5.32 Å². The summed E-state index contributed by atoms with van der Waals surface area (Å²) in [6.45, 7) is 4.21. The van der Waals surface area contributed by atoms with E-state index in [9.17, 15) is 14.4 Å². The second-order valence-corrected chi connectivity index (χ2v) is 8.41. The number of methoxy groups -OCH3 is 2. The van der Waals surface area contributed by atoms with Gasteiger partial charge in [-0.25, -0.2) is 4.79 Å². The maximum Gasteiger partial charge on any atom is 0.501 e. The number of hydrogen-bond donors (Lipinski definition) is 1. The number of thioether (sulfide) groups is 1. The molecule has 1 N–H and O–H groups in total. The minimum Gasteiger partial charge on any atom is -0.497 e. The van der Waals surface area contributed by atoms with Crippen LogP contribution in [0, 0.1) is 5.92 Å². The number of allylic oxidation sites excluding steroid dienone is 1. The Morgan fingerprint density at radius 2 is 2.03 bits per heavy atom. The van der Waals surface area contributed by atoms with Crippen LogP contribution >= 0.6 is 11.8 Å². The second-order valence-electron chi connectivity index (χ2n) is 7.40. The summed E-state index contributed by atoms with van der Waals surface area (Å²) in [6, 6.07) is 4.58. The zero-order valence-corrected chi connectivity index (χ0v) is 18.3. The van der Waals surface area contributed by atoms with Crippen molar-refractivity contribution in [2.24, 2.45) is 5.92 Å². The quantitative estimate of drug-likeness (QED) is 0.636. The van der Waals surface area contributed by atoms with Gasteiger partial charge in [0.2, 0.25) is 0 Å². The lowest BCUT2D eigenvalue weighted by Gasteiger charge is -2.24. The van der Waals surface area contributed by atoms with E-state index in [4.69, 9.17) is 9.47 Å². The number of benzene rings is 1. The van der Waals surface area contributed by atoms with Gasteiger partial charge >= 0.3 is 11.9 Å². The summed E-state index contributed by atoms with van der Waals surface area (Å²) in [7, 11) is 3.04. The fourth-order valence-corrected chi connectivity index (χ4v) is 4.20. The fraction of sp³-hybridized carbons (Fsp3) is 0.429. The van der Waals surface area contributed by atoms with Crippen molar-refractivity contribution in [3.63, 3.8) is 0 Å². The third-order valence-electron chi connectivity index (χ3n) is 4.90. The molecule has 2 heterocycles. The van der Waals surface area contributed by atoms with Gasteiger partial charge in [-0.1, -0.05) is 13.8 Å². The maximum absolute atomic E-state index is 13.0. The largest absolute Gasteiger partial charge is 0.501 e. The van der Waals surface area contributed by atoms with Crippen LogP contribution in [0.4, 0.5) is 10.5 Å². The van der Waals surface area contributed by atoms with Crippen molar-refractivity contribution in [3.05, 3.63) is 29.7 Å². The van der Waals surface area contributed by atoms with Crippen LogP contribution < -0.4 is 14.8 Å². The zero-order valence-electron chi connectivity index (χ0n) is 17.5. The first-order valence-electron chi connectivity index (χ1n) is 9.69. The molecule has 0 spiro atoms. The Balaban J connectivity index is 1.81. The molecular formula is C21H26N3O5S+. The Labute approximate surface area is 179 Å². The molecule has 2 aliphatic heterocycles. The Morgan fingerprint density at radius 3 is 2.70 bits per heavy atom. The minimum atomic E-state index is -0.488. The van der Waals surface area contributed by atoms with Crippen LogP contribution in [-0.4, -0.2) is 65.6 Å². The van der Waals surface area contributed by atoms with E-state index in [1.165, 1.54) is 28.3 Å². The number of hydrogen-bond acceptors (Lipinski definition) is 6. The summed E-state index contributed by atoms with van der Waals surface area (Å²) >= 11 is 1.35. The normalized spacial score (nSPS) is 18.2. The molecule has 1 atom stereocenters. The minimum absolute atomic E-state index is 0.198. The molecule has 30 heavy (non-hydrogen) atoms. The maximum atomic E-state index is 13.0. The van der Waals surface area contributed by atoms with Gasteiger partial charge in [-0.15, -0.1) is 11.8 Å². The van der Waals surface area contributed by atoms with E-state index in [1.54, 1.807) is 36.8 Å². The third-order valence-corrected chi connectivity index (χ3v) is 5.91. The Hall–Kier alpha value is -2.81. The number of anilines is 1. The lowest BCUT2D eigenvalue weighted by Crippen LogP contribution is -2.56. The summed E-state index contributed by atoms with van der Waals surface area (Å²) in [5.41, 5.74) is 1.02. The average Bonchev–Trinajstić information content (AvgIpc) is 3.21. The van der Waals surface area contributed by atoms with Gasteiger partial charge in [0, 0.05) is 6.07 Å². The van der Waals surface area contributed by atoms with Crippen molar-refractivity contribution in [3.8, 4) is 11.5 Å². The second kappa shape index (κ2) is 9.34. The molecule has 0 saturated heterocycles. The Bertz CT molecular complexity index is 925. The number of imide groups is 1. The van der Waals surface area contributed by atoms with Crippen molar-refractivity contribution < 1.29 is 28.4 Å². The van der Waals surface area contributed by atoms with Crippen LogP contribution in [0.1, 0.15) is 20.3 Å². The van der Waals surface area contributed by atoms with Gasteiger partial charge in [0.25, 0.3) is 5.91 Å². The van der Waals surface area contributed by atoms with Crippen LogP contribution in [0.2, 0.25) is 0 Å². The predicted molar refractivity (Wildman–Crippen MR) is 115 cm³/mol. The van der Waals surface area contributed by atoms with Crippen LogP contribution in [0.5, 0.6) is 11.5 Å². The topological polar surface area (TPSA) is 88.0 Å². The number of nitrogens with zero attached hydrogens (tertiary/aromatic N) is 2. The van der Waals surface area contributed by atoms with Gasteiger partial charge in [0.05, 0.1) is 26.5 Å². The van der Waals surface area contributed by atoms with E-state index < -0.39 is 11.3 Å². The predicted octanol–water partition coefficient (Wildman–Crippen LogP) is 2.73. The molecule has 0 aromatic heterocycles. The highest BCUT2D eigenvalue weighted by Gasteiger charge is 2.49. The first-order chi connectivity index (χ1) is 14.3. The highest BCUT2D eigenvalue weighted by atomic mass is 32.2. The molecule has 0 saturated carbocycles. The molecule has 1 unspecified atom stereocenters. The Kier molecular flexibility index (Phi) is 6.81. The van der Waals surface area contributed by atoms with Gasteiger partial charge in [0.15, 0.2) is 11.8 Å². The number of urea groups is 1. The molecule has 0 bridgehead atoms. The van der Waals surface area contributed by atoms with Crippen LogP contribution in [0.3, 0.4) is 0 Å². The van der Waals surface area contributed by atoms with Crippen molar-refractivity contribution >= 4 is 41.0 Å². The molecule has 1 aromatic carbocycles. The number of nitrogens with one attached hydrogen (secondary N) is 1. The molecule has 2 aliphatic rings. The standard InChI is InChI=1S/C21H25N3O5S/c1-13(2)7-9-23-20(26)19-16(8-10-30-19)24(21(23)27)12-18(25)22-15-6-5-14(28-3)11-17(15)29-4/h5-6,8,10-11,13,19H,7,9,12H2,1-4H3/p+1. The first-order valence-corrected chi connectivity index (χ1v) is 10.6. The SMILES string of the molecule is COc1ccc(NC(=O)C[N+]2=C3C=CSC3C(=O)N(CCC(C)C)C2=O)c(OC)c1. The van der Waals surface area contributed by atoms with Gasteiger partial charge < -0.3 is 14.8 Å². The van der Waals surface area contributed by atoms with E-state index in [0.717, 1.165) is 0 Å². The molecular weight excluding hydrogens is 406 g/mol. The summed E-state index contributed by atoms with van der Waals surface area (Å²) in [6.07, 6.45) is 2.44. The average molecular weight is 433 g/mol. The molecule has 160 valence electrons. The number of fused-ring (bicyclic) bond motifs is 1. The highest BCUT2D eigenvalue weighted by Crippen LogP contribution is 2.30. The molecule has 4 amide bonds. The van der Waals surface area contributed by atoms with Gasteiger partial charge in [-0.05, 0) is 36.0 Å². The monoisotopic (exact) mass is 432 g/mol. The number of amides is 4. The molecule has 0 aliphatic carbocycles. The van der Waals surface area contributed by atoms with E-state index in [0.29, 0.717) is 41.8 Å². The van der Waals surface area contributed by atoms with Crippen LogP contribution in [-0.2, 0) is 9.59 Å². The fourth-order valence-electron chi connectivity index (χ4n) is 3.24. The third kappa shape index (κ3) is 4.51. The molecule has 1 aromatic rings. The molecule has 8 nitrogen and oxygen atoms in total.